The molecular formula is C18H21N5OS. The van der Waals surface area contributed by atoms with Gasteiger partial charge in [-0.1, -0.05) is 12.1 Å². The number of fused-ring (bicyclic) bond motifs is 1. The van der Waals surface area contributed by atoms with E-state index in [1.54, 1.807) is 23.9 Å². The number of thiophene rings is 1. The van der Waals surface area contributed by atoms with Crippen LogP contribution in [0.4, 0.5) is 11.5 Å². The largest absolute Gasteiger partial charge is 0.395 e. The minimum Gasteiger partial charge on any atom is -0.395 e. The van der Waals surface area contributed by atoms with Gasteiger partial charge in [-0.2, -0.15) is 5.10 Å². The highest BCUT2D eigenvalue weighted by Gasteiger charge is 2.11. The first-order valence-corrected chi connectivity index (χ1v) is 8.83. The van der Waals surface area contributed by atoms with Gasteiger partial charge in [0.2, 0.25) is 0 Å². The number of aliphatic hydroxyl groups excluding tert-OH is 1. The van der Waals surface area contributed by atoms with Gasteiger partial charge >= 0.3 is 0 Å². The molecular weight excluding hydrogens is 334 g/mol. The van der Waals surface area contributed by atoms with E-state index in [1.165, 1.54) is 10.4 Å². The Hall–Kier alpha value is -2.51. The fourth-order valence-electron chi connectivity index (χ4n) is 2.53. The van der Waals surface area contributed by atoms with Crippen molar-refractivity contribution in [1.82, 2.24) is 9.97 Å². The molecule has 25 heavy (non-hydrogen) atoms. The summed E-state index contributed by atoms with van der Waals surface area (Å²) in [4.78, 5) is 12.8. The van der Waals surface area contributed by atoms with E-state index in [9.17, 15) is 0 Å². The van der Waals surface area contributed by atoms with E-state index < -0.39 is 0 Å². The van der Waals surface area contributed by atoms with E-state index in [-0.39, 0.29) is 6.61 Å². The molecule has 0 fully saturated rings. The Morgan fingerprint density at radius 2 is 2.00 bits per heavy atom. The van der Waals surface area contributed by atoms with E-state index >= 15 is 0 Å². The predicted molar refractivity (Wildman–Crippen MR) is 105 cm³/mol. The summed E-state index contributed by atoms with van der Waals surface area (Å²) in [5.41, 5.74) is 6.26. The van der Waals surface area contributed by atoms with Gasteiger partial charge in [0, 0.05) is 24.2 Å². The van der Waals surface area contributed by atoms with Crippen LogP contribution in [0.15, 0.2) is 35.7 Å². The van der Waals surface area contributed by atoms with E-state index in [0.29, 0.717) is 6.54 Å². The van der Waals surface area contributed by atoms with Crippen LogP contribution in [-0.4, -0.2) is 41.5 Å². The van der Waals surface area contributed by atoms with Gasteiger partial charge in [-0.05, 0) is 37.1 Å². The molecule has 0 amide bonds. The van der Waals surface area contributed by atoms with Crippen molar-refractivity contribution in [2.75, 3.05) is 30.5 Å². The predicted octanol–water partition coefficient (Wildman–Crippen LogP) is 3.18. The zero-order valence-corrected chi connectivity index (χ0v) is 15.3. The van der Waals surface area contributed by atoms with Crippen molar-refractivity contribution in [2.45, 2.75) is 13.8 Å². The standard InChI is InChI=1S/C18H21N5OS/c1-12-13(2)25-18-16(12)17(19-11-20-18)22-21-10-14-4-6-15(7-5-14)23(3)8-9-24/h4-7,10-11,24H,8-9H2,1-3H3,(H,19,20,22)/b21-10-. The fraction of sp³-hybridized carbons (Fsp3) is 0.278. The average Bonchev–Trinajstić information content (AvgIpc) is 2.91. The highest BCUT2D eigenvalue weighted by molar-refractivity contribution is 7.18. The summed E-state index contributed by atoms with van der Waals surface area (Å²) in [6.45, 7) is 4.91. The normalized spacial score (nSPS) is 11.4. The van der Waals surface area contributed by atoms with Gasteiger partial charge in [0.15, 0.2) is 5.82 Å². The second-order valence-electron chi connectivity index (χ2n) is 5.79. The van der Waals surface area contributed by atoms with Crippen molar-refractivity contribution in [3.63, 3.8) is 0 Å². The summed E-state index contributed by atoms with van der Waals surface area (Å²) < 4.78 is 0. The minimum absolute atomic E-state index is 0.137. The molecule has 0 unspecified atom stereocenters. The van der Waals surface area contributed by atoms with Gasteiger partial charge in [-0.15, -0.1) is 11.3 Å². The van der Waals surface area contributed by atoms with E-state index in [0.717, 1.165) is 27.3 Å². The van der Waals surface area contributed by atoms with Crippen molar-refractivity contribution in [3.8, 4) is 0 Å². The Kier molecular flexibility index (Phi) is 5.25. The monoisotopic (exact) mass is 355 g/mol. The molecule has 0 radical (unpaired) electrons. The Morgan fingerprint density at radius 1 is 1.24 bits per heavy atom. The van der Waals surface area contributed by atoms with Gasteiger partial charge in [-0.3, -0.25) is 5.43 Å². The summed E-state index contributed by atoms with van der Waals surface area (Å²) in [7, 11) is 1.95. The molecule has 0 aliphatic heterocycles. The van der Waals surface area contributed by atoms with Crippen LogP contribution < -0.4 is 10.3 Å². The summed E-state index contributed by atoms with van der Waals surface area (Å²) >= 11 is 1.67. The summed E-state index contributed by atoms with van der Waals surface area (Å²) in [6, 6.07) is 7.99. The number of nitrogens with one attached hydrogen (secondary N) is 1. The molecule has 2 aromatic heterocycles. The maximum Gasteiger partial charge on any atom is 0.158 e. The maximum atomic E-state index is 8.99. The molecule has 0 aliphatic carbocycles. The minimum atomic E-state index is 0.137. The van der Waals surface area contributed by atoms with Gasteiger partial charge in [0.1, 0.15) is 11.2 Å². The summed E-state index contributed by atoms with van der Waals surface area (Å²) in [6.07, 6.45) is 3.32. The Balaban J connectivity index is 1.73. The van der Waals surface area contributed by atoms with Crippen molar-refractivity contribution in [1.29, 1.82) is 0 Å². The lowest BCUT2D eigenvalue weighted by atomic mass is 10.2. The van der Waals surface area contributed by atoms with Crippen molar-refractivity contribution < 1.29 is 5.11 Å². The molecule has 6 nitrogen and oxygen atoms in total. The van der Waals surface area contributed by atoms with Crippen molar-refractivity contribution in [2.24, 2.45) is 5.10 Å². The number of anilines is 2. The van der Waals surface area contributed by atoms with Gasteiger partial charge < -0.3 is 10.0 Å². The molecule has 0 saturated heterocycles. The SMILES string of the molecule is Cc1sc2ncnc(N/N=C\c3ccc(N(C)CCO)cc3)c2c1C. The zero-order valence-electron chi connectivity index (χ0n) is 14.5. The number of hydrazone groups is 1. The highest BCUT2D eigenvalue weighted by atomic mass is 32.1. The number of hydrogen-bond donors (Lipinski definition) is 2. The zero-order chi connectivity index (χ0) is 17.8. The molecule has 2 heterocycles. The molecule has 0 atom stereocenters. The number of nitrogens with zero attached hydrogens (tertiary/aromatic N) is 4. The second-order valence-corrected chi connectivity index (χ2v) is 7.00. The molecule has 2 N–H and O–H groups in total. The van der Waals surface area contributed by atoms with Crippen molar-refractivity contribution in [3.05, 3.63) is 46.6 Å². The van der Waals surface area contributed by atoms with E-state index in [1.807, 2.05) is 36.2 Å². The Labute approximate surface area is 150 Å². The van der Waals surface area contributed by atoms with Crippen LogP contribution in [-0.2, 0) is 0 Å². The molecule has 7 heteroatoms. The topological polar surface area (TPSA) is 73.6 Å². The van der Waals surface area contributed by atoms with Crippen molar-refractivity contribution >= 4 is 39.3 Å². The molecule has 0 aliphatic rings. The van der Waals surface area contributed by atoms with Gasteiger partial charge in [0.05, 0.1) is 18.2 Å². The number of benzene rings is 1. The third-order valence-corrected chi connectivity index (χ3v) is 5.23. The lowest BCUT2D eigenvalue weighted by Crippen LogP contribution is -2.20. The molecule has 3 aromatic rings. The molecule has 3 rings (SSSR count). The first kappa shape index (κ1) is 17.3. The second kappa shape index (κ2) is 7.58. The van der Waals surface area contributed by atoms with Crippen LogP contribution in [0.3, 0.4) is 0 Å². The lowest BCUT2D eigenvalue weighted by Gasteiger charge is -2.17. The van der Waals surface area contributed by atoms with Crippen LogP contribution in [0.2, 0.25) is 0 Å². The van der Waals surface area contributed by atoms with Crippen LogP contribution >= 0.6 is 11.3 Å². The van der Waals surface area contributed by atoms with Crippen LogP contribution in [0.5, 0.6) is 0 Å². The first-order chi connectivity index (χ1) is 12.1. The summed E-state index contributed by atoms with van der Waals surface area (Å²) in [5, 5.41) is 14.3. The first-order valence-electron chi connectivity index (χ1n) is 8.02. The third kappa shape index (κ3) is 3.78. The van der Waals surface area contributed by atoms with Crippen LogP contribution in [0.1, 0.15) is 16.0 Å². The Morgan fingerprint density at radius 3 is 2.72 bits per heavy atom. The number of aliphatic hydroxyl groups is 1. The molecule has 1 aromatic carbocycles. The smallest absolute Gasteiger partial charge is 0.158 e. The van der Waals surface area contributed by atoms with Gasteiger partial charge in [0.25, 0.3) is 0 Å². The molecule has 0 spiro atoms. The average molecular weight is 355 g/mol. The van der Waals surface area contributed by atoms with Gasteiger partial charge in [-0.25, -0.2) is 9.97 Å². The third-order valence-electron chi connectivity index (χ3n) is 4.12. The molecule has 130 valence electrons. The van der Waals surface area contributed by atoms with Crippen LogP contribution in [0, 0.1) is 13.8 Å². The number of likely N-dealkylation sites (N-methyl/N-ethyl adjacent to an activating group) is 1. The summed E-state index contributed by atoms with van der Waals surface area (Å²) in [5.74, 6) is 0.724. The molecule has 0 bridgehead atoms. The maximum absolute atomic E-state index is 8.99. The Bertz CT molecular complexity index is 888. The fourth-order valence-corrected chi connectivity index (χ4v) is 3.53. The highest BCUT2D eigenvalue weighted by Crippen LogP contribution is 2.32. The lowest BCUT2D eigenvalue weighted by molar-refractivity contribution is 0.304. The van der Waals surface area contributed by atoms with E-state index in [4.69, 9.17) is 5.11 Å². The number of aromatic nitrogens is 2. The molecule has 0 saturated carbocycles. The number of rotatable bonds is 6. The van der Waals surface area contributed by atoms with Crippen LogP contribution in [0.25, 0.3) is 10.2 Å². The quantitative estimate of drug-likeness (QED) is 0.525. The number of hydrogen-bond acceptors (Lipinski definition) is 7. The van der Waals surface area contributed by atoms with E-state index in [2.05, 4.69) is 34.3 Å². The number of aryl methyl sites for hydroxylation is 2.